The molecule has 1 aromatic carbocycles. The fourth-order valence-electron chi connectivity index (χ4n) is 1.47. The summed E-state index contributed by atoms with van der Waals surface area (Å²) in [5, 5.41) is 6.05. The van der Waals surface area contributed by atoms with Crippen molar-refractivity contribution < 1.29 is 8.78 Å². The largest absolute Gasteiger partial charge is 0.308 e. The zero-order valence-electron chi connectivity index (χ0n) is 10.2. The Hall–Kier alpha value is -1.33. The third-order valence-electron chi connectivity index (χ3n) is 2.43. The minimum atomic E-state index is -0.845. The lowest BCUT2D eigenvalue weighted by molar-refractivity contribution is 0.509. The molecule has 0 spiro atoms. The van der Waals surface area contributed by atoms with Gasteiger partial charge in [-0.3, -0.25) is 0 Å². The van der Waals surface area contributed by atoms with Crippen molar-refractivity contribution >= 4 is 11.3 Å². The fraction of sp³-hybridized carbons (Fsp3) is 0.308. The van der Waals surface area contributed by atoms with Gasteiger partial charge >= 0.3 is 0 Å². The van der Waals surface area contributed by atoms with Gasteiger partial charge in [0, 0.05) is 23.5 Å². The van der Waals surface area contributed by atoms with E-state index in [1.807, 2.05) is 5.38 Å². The summed E-state index contributed by atoms with van der Waals surface area (Å²) >= 11 is 1.51. The quantitative estimate of drug-likeness (QED) is 0.916. The molecule has 2 aromatic rings. The number of hydrogen-bond donors (Lipinski definition) is 1. The molecule has 0 fully saturated rings. The Kier molecular flexibility index (Phi) is 4.04. The number of benzene rings is 1. The maximum atomic E-state index is 13.1. The van der Waals surface area contributed by atoms with Crippen molar-refractivity contribution in [3.8, 4) is 11.3 Å². The Labute approximate surface area is 109 Å². The van der Waals surface area contributed by atoms with Crippen LogP contribution in [-0.4, -0.2) is 11.0 Å². The van der Waals surface area contributed by atoms with E-state index in [4.69, 9.17) is 0 Å². The molecule has 18 heavy (non-hydrogen) atoms. The molecule has 1 N–H and O–H groups in total. The van der Waals surface area contributed by atoms with E-state index >= 15 is 0 Å². The number of hydrogen-bond acceptors (Lipinski definition) is 3. The first-order valence-corrected chi connectivity index (χ1v) is 6.57. The third kappa shape index (κ3) is 3.11. The fourth-order valence-corrected chi connectivity index (χ4v) is 2.23. The summed E-state index contributed by atoms with van der Waals surface area (Å²) < 4.78 is 25.9. The third-order valence-corrected chi connectivity index (χ3v) is 3.28. The van der Waals surface area contributed by atoms with Gasteiger partial charge in [-0.15, -0.1) is 11.3 Å². The molecule has 0 aliphatic heterocycles. The van der Waals surface area contributed by atoms with Crippen molar-refractivity contribution in [1.82, 2.24) is 10.3 Å². The highest BCUT2D eigenvalue weighted by atomic mass is 32.1. The highest BCUT2D eigenvalue weighted by Crippen LogP contribution is 2.23. The van der Waals surface area contributed by atoms with Crippen LogP contribution in [0.1, 0.15) is 18.9 Å². The van der Waals surface area contributed by atoms with Crippen molar-refractivity contribution in [2.75, 3.05) is 0 Å². The van der Waals surface area contributed by atoms with Gasteiger partial charge in [-0.05, 0) is 18.2 Å². The smallest absolute Gasteiger partial charge is 0.159 e. The summed E-state index contributed by atoms with van der Waals surface area (Å²) in [5.74, 6) is -1.68. The van der Waals surface area contributed by atoms with E-state index < -0.39 is 11.6 Å². The molecule has 0 amide bonds. The summed E-state index contributed by atoms with van der Waals surface area (Å²) in [6.45, 7) is 4.81. The van der Waals surface area contributed by atoms with Crippen LogP contribution in [0.15, 0.2) is 23.6 Å². The zero-order valence-corrected chi connectivity index (χ0v) is 11.0. The van der Waals surface area contributed by atoms with Crippen LogP contribution in [0.3, 0.4) is 0 Å². The van der Waals surface area contributed by atoms with Gasteiger partial charge < -0.3 is 5.32 Å². The molecule has 2 rings (SSSR count). The van der Waals surface area contributed by atoms with E-state index in [1.165, 1.54) is 23.5 Å². The lowest BCUT2D eigenvalue weighted by Gasteiger charge is -2.04. The van der Waals surface area contributed by atoms with Gasteiger partial charge in [0.15, 0.2) is 11.6 Å². The van der Waals surface area contributed by atoms with Gasteiger partial charge in [0.1, 0.15) is 5.01 Å². The predicted molar refractivity (Wildman–Crippen MR) is 69.4 cm³/mol. The molecule has 0 atom stereocenters. The SMILES string of the molecule is CC(C)NCc1nc(-c2ccc(F)c(F)c2)cs1. The maximum absolute atomic E-state index is 13.1. The first kappa shape index (κ1) is 13.1. The van der Waals surface area contributed by atoms with Crippen molar-refractivity contribution in [2.24, 2.45) is 0 Å². The highest BCUT2D eigenvalue weighted by molar-refractivity contribution is 7.09. The summed E-state index contributed by atoms with van der Waals surface area (Å²) in [6, 6.07) is 4.22. The first-order chi connectivity index (χ1) is 8.56. The van der Waals surface area contributed by atoms with E-state index in [9.17, 15) is 8.78 Å². The minimum absolute atomic E-state index is 0.389. The van der Waals surface area contributed by atoms with Crippen molar-refractivity contribution in [2.45, 2.75) is 26.4 Å². The molecule has 2 nitrogen and oxygen atoms in total. The molecule has 1 aromatic heterocycles. The number of nitrogens with zero attached hydrogens (tertiary/aromatic N) is 1. The lowest BCUT2D eigenvalue weighted by atomic mass is 10.2. The Bertz CT molecular complexity index is 538. The molecule has 0 aliphatic rings. The average Bonchev–Trinajstić information content (AvgIpc) is 2.79. The van der Waals surface area contributed by atoms with Crippen LogP contribution in [0.4, 0.5) is 8.78 Å². The molecule has 0 saturated heterocycles. The van der Waals surface area contributed by atoms with Gasteiger partial charge in [-0.1, -0.05) is 13.8 Å². The lowest BCUT2D eigenvalue weighted by Crippen LogP contribution is -2.21. The van der Waals surface area contributed by atoms with Crippen molar-refractivity contribution in [3.05, 3.63) is 40.2 Å². The van der Waals surface area contributed by atoms with E-state index in [0.29, 0.717) is 23.8 Å². The van der Waals surface area contributed by atoms with Gasteiger partial charge in [0.05, 0.1) is 5.69 Å². The summed E-state index contributed by atoms with van der Waals surface area (Å²) in [5.41, 5.74) is 1.28. The number of nitrogens with one attached hydrogen (secondary N) is 1. The molecule has 0 unspecified atom stereocenters. The van der Waals surface area contributed by atoms with Crippen LogP contribution in [0.2, 0.25) is 0 Å². The summed E-state index contributed by atoms with van der Waals surface area (Å²) in [4.78, 5) is 4.39. The standard InChI is InChI=1S/C13H14F2N2S/c1-8(2)16-6-13-17-12(7-18-13)9-3-4-10(14)11(15)5-9/h3-5,7-8,16H,6H2,1-2H3. The van der Waals surface area contributed by atoms with Crippen LogP contribution in [0.5, 0.6) is 0 Å². The van der Waals surface area contributed by atoms with Crippen LogP contribution in [0.25, 0.3) is 11.3 Å². The molecule has 1 heterocycles. The predicted octanol–water partition coefficient (Wildman–Crippen LogP) is 3.59. The number of halogens is 2. The molecule has 5 heteroatoms. The summed E-state index contributed by atoms with van der Waals surface area (Å²) in [7, 11) is 0. The molecular formula is C13H14F2N2S. The molecule has 0 bridgehead atoms. The van der Waals surface area contributed by atoms with E-state index in [0.717, 1.165) is 11.1 Å². The summed E-state index contributed by atoms with van der Waals surface area (Å²) in [6.07, 6.45) is 0. The molecular weight excluding hydrogens is 254 g/mol. The zero-order chi connectivity index (χ0) is 13.1. The van der Waals surface area contributed by atoms with Gasteiger partial charge in [-0.2, -0.15) is 0 Å². The monoisotopic (exact) mass is 268 g/mol. The highest BCUT2D eigenvalue weighted by Gasteiger charge is 2.08. The number of rotatable bonds is 4. The van der Waals surface area contributed by atoms with Crippen molar-refractivity contribution in [3.63, 3.8) is 0 Å². The number of aromatic nitrogens is 1. The van der Waals surface area contributed by atoms with E-state index in [2.05, 4.69) is 24.1 Å². The Balaban J connectivity index is 2.16. The van der Waals surface area contributed by atoms with Crippen molar-refractivity contribution in [1.29, 1.82) is 0 Å². The maximum Gasteiger partial charge on any atom is 0.159 e. The Morgan fingerprint density at radius 2 is 2.06 bits per heavy atom. The van der Waals surface area contributed by atoms with Crippen LogP contribution < -0.4 is 5.32 Å². The molecule has 96 valence electrons. The Morgan fingerprint density at radius 3 is 2.72 bits per heavy atom. The molecule has 0 aliphatic carbocycles. The second-order valence-electron chi connectivity index (χ2n) is 4.29. The van der Waals surface area contributed by atoms with E-state index in [-0.39, 0.29) is 0 Å². The second-order valence-corrected chi connectivity index (χ2v) is 5.23. The van der Waals surface area contributed by atoms with Crippen LogP contribution in [0, 0.1) is 11.6 Å². The van der Waals surface area contributed by atoms with Crippen LogP contribution in [-0.2, 0) is 6.54 Å². The van der Waals surface area contributed by atoms with Crippen LogP contribution >= 0.6 is 11.3 Å². The van der Waals surface area contributed by atoms with Gasteiger partial charge in [0.2, 0.25) is 0 Å². The molecule has 0 saturated carbocycles. The van der Waals surface area contributed by atoms with Gasteiger partial charge in [-0.25, -0.2) is 13.8 Å². The van der Waals surface area contributed by atoms with Gasteiger partial charge in [0.25, 0.3) is 0 Å². The molecule has 0 radical (unpaired) electrons. The Morgan fingerprint density at radius 1 is 1.28 bits per heavy atom. The topological polar surface area (TPSA) is 24.9 Å². The second kappa shape index (κ2) is 5.54. The first-order valence-electron chi connectivity index (χ1n) is 5.69. The minimum Gasteiger partial charge on any atom is -0.308 e. The van der Waals surface area contributed by atoms with E-state index in [1.54, 1.807) is 0 Å². The number of thiazole rings is 1. The normalized spacial score (nSPS) is 11.2. The average molecular weight is 268 g/mol.